The van der Waals surface area contributed by atoms with Crippen molar-refractivity contribution in [2.75, 3.05) is 0 Å². The second-order valence-corrected chi connectivity index (χ2v) is 5.50. The van der Waals surface area contributed by atoms with Crippen LogP contribution in [0.3, 0.4) is 0 Å². The van der Waals surface area contributed by atoms with Crippen LogP contribution in [0.2, 0.25) is 5.02 Å². The summed E-state index contributed by atoms with van der Waals surface area (Å²) in [5.41, 5.74) is -0.308. The Morgan fingerprint density at radius 1 is 1.28 bits per heavy atom. The third-order valence-electron chi connectivity index (χ3n) is 2.51. The van der Waals surface area contributed by atoms with Gasteiger partial charge in [0.15, 0.2) is 0 Å². The van der Waals surface area contributed by atoms with Crippen molar-refractivity contribution in [3.05, 3.63) is 34.9 Å². The second-order valence-electron chi connectivity index (χ2n) is 5.09. The van der Waals surface area contributed by atoms with E-state index < -0.39 is 23.3 Å². The minimum atomic E-state index is -1.07. The average Bonchev–Trinajstić information content (AvgIpc) is 2.24. The van der Waals surface area contributed by atoms with Crippen LogP contribution in [0.5, 0.6) is 0 Å². The summed E-state index contributed by atoms with van der Waals surface area (Å²) in [4.78, 5) is 23.1. The van der Waals surface area contributed by atoms with E-state index in [0.717, 1.165) is 0 Å². The molecule has 0 saturated carbocycles. The monoisotopic (exact) mass is 269 g/mol. The maximum atomic E-state index is 12.0. The number of hydrogen-bond donors (Lipinski definition) is 2. The lowest BCUT2D eigenvalue weighted by Gasteiger charge is -2.27. The largest absolute Gasteiger partial charge is 0.480 e. The highest BCUT2D eigenvalue weighted by molar-refractivity contribution is 6.33. The van der Waals surface area contributed by atoms with Gasteiger partial charge in [-0.05, 0) is 17.5 Å². The molecule has 0 bridgehead atoms. The molecule has 4 nitrogen and oxygen atoms in total. The van der Waals surface area contributed by atoms with E-state index in [2.05, 4.69) is 5.32 Å². The average molecular weight is 270 g/mol. The van der Waals surface area contributed by atoms with Crippen LogP contribution in [-0.4, -0.2) is 23.0 Å². The van der Waals surface area contributed by atoms with Crippen molar-refractivity contribution in [2.24, 2.45) is 5.41 Å². The number of nitrogens with one attached hydrogen (secondary N) is 1. The van der Waals surface area contributed by atoms with Crippen LogP contribution in [0.4, 0.5) is 0 Å². The van der Waals surface area contributed by atoms with Gasteiger partial charge in [-0.25, -0.2) is 4.79 Å². The van der Waals surface area contributed by atoms with Gasteiger partial charge in [-0.15, -0.1) is 0 Å². The highest BCUT2D eigenvalue weighted by Gasteiger charge is 2.33. The van der Waals surface area contributed by atoms with Crippen LogP contribution in [0.1, 0.15) is 31.1 Å². The normalized spacial score (nSPS) is 12.9. The van der Waals surface area contributed by atoms with Gasteiger partial charge >= 0.3 is 5.97 Å². The quantitative estimate of drug-likeness (QED) is 0.886. The molecule has 5 heteroatoms. The van der Waals surface area contributed by atoms with E-state index in [9.17, 15) is 9.59 Å². The number of hydrogen-bond acceptors (Lipinski definition) is 2. The fourth-order valence-corrected chi connectivity index (χ4v) is 1.72. The molecule has 0 aliphatic carbocycles. The lowest BCUT2D eigenvalue weighted by Crippen LogP contribution is -2.49. The Hall–Kier alpha value is -1.55. The molecule has 1 rings (SSSR count). The molecule has 1 atom stereocenters. The summed E-state index contributed by atoms with van der Waals surface area (Å²) >= 11 is 5.89. The number of amides is 1. The molecule has 0 saturated heterocycles. The molecular formula is C13H16ClNO3. The molecule has 1 aromatic rings. The number of carboxylic acid groups (broad SMARTS) is 1. The number of carboxylic acids is 1. The topological polar surface area (TPSA) is 66.4 Å². The molecule has 1 amide bonds. The molecule has 0 aliphatic heterocycles. The minimum absolute atomic E-state index is 0.273. The van der Waals surface area contributed by atoms with E-state index in [1.54, 1.807) is 45.0 Å². The summed E-state index contributed by atoms with van der Waals surface area (Å²) in [6.07, 6.45) is 0. The summed E-state index contributed by atoms with van der Waals surface area (Å²) in [7, 11) is 0. The van der Waals surface area contributed by atoms with Crippen molar-refractivity contribution in [1.82, 2.24) is 5.32 Å². The Balaban J connectivity index is 2.93. The molecule has 0 fully saturated rings. The zero-order chi connectivity index (χ0) is 13.9. The lowest BCUT2D eigenvalue weighted by molar-refractivity contribution is -0.142. The molecule has 98 valence electrons. The summed E-state index contributed by atoms with van der Waals surface area (Å²) in [5, 5.41) is 11.9. The minimum Gasteiger partial charge on any atom is -0.480 e. The predicted molar refractivity (Wildman–Crippen MR) is 69.8 cm³/mol. The number of aliphatic carboxylic acids is 1. The summed E-state index contributed by atoms with van der Waals surface area (Å²) in [6, 6.07) is 5.55. The van der Waals surface area contributed by atoms with Crippen molar-refractivity contribution in [1.29, 1.82) is 0 Å². The third kappa shape index (κ3) is 3.47. The lowest BCUT2D eigenvalue weighted by atomic mass is 9.86. The number of carbonyl (C=O) groups excluding carboxylic acids is 1. The number of benzene rings is 1. The van der Waals surface area contributed by atoms with Crippen LogP contribution in [0.25, 0.3) is 0 Å². The fourth-order valence-electron chi connectivity index (χ4n) is 1.50. The standard InChI is InChI=1S/C13H16ClNO3/c1-13(2,3)10(12(17)18)15-11(16)8-6-4-5-7-9(8)14/h4-7,10H,1-3H3,(H,15,16)(H,17,18)/t10-/m1/s1. The SMILES string of the molecule is CC(C)(C)[C@H](NC(=O)c1ccccc1Cl)C(=O)O. The number of halogens is 1. The van der Waals surface area contributed by atoms with Gasteiger partial charge in [0.2, 0.25) is 0 Å². The molecule has 0 heterocycles. The van der Waals surface area contributed by atoms with Crippen LogP contribution in [-0.2, 0) is 4.79 Å². The first-order valence-electron chi connectivity index (χ1n) is 5.51. The van der Waals surface area contributed by atoms with Crippen molar-refractivity contribution in [3.63, 3.8) is 0 Å². The van der Waals surface area contributed by atoms with E-state index in [0.29, 0.717) is 5.02 Å². The Morgan fingerprint density at radius 3 is 2.28 bits per heavy atom. The van der Waals surface area contributed by atoms with Gasteiger partial charge in [0, 0.05) is 0 Å². The molecule has 0 aromatic heterocycles. The van der Waals surface area contributed by atoms with Crippen molar-refractivity contribution < 1.29 is 14.7 Å². The molecule has 2 N–H and O–H groups in total. The Morgan fingerprint density at radius 2 is 1.83 bits per heavy atom. The maximum Gasteiger partial charge on any atom is 0.326 e. The Labute approximate surface area is 111 Å². The molecule has 0 unspecified atom stereocenters. The smallest absolute Gasteiger partial charge is 0.326 e. The molecule has 0 aliphatic rings. The van der Waals surface area contributed by atoms with Crippen molar-refractivity contribution in [3.8, 4) is 0 Å². The van der Waals surface area contributed by atoms with Crippen molar-refractivity contribution in [2.45, 2.75) is 26.8 Å². The molecular weight excluding hydrogens is 254 g/mol. The maximum absolute atomic E-state index is 12.0. The van der Waals surface area contributed by atoms with E-state index in [4.69, 9.17) is 16.7 Å². The third-order valence-corrected chi connectivity index (χ3v) is 2.84. The summed E-state index contributed by atoms with van der Waals surface area (Å²) in [5.74, 6) is -1.55. The van der Waals surface area contributed by atoms with Gasteiger partial charge < -0.3 is 10.4 Å². The zero-order valence-electron chi connectivity index (χ0n) is 10.5. The molecule has 1 aromatic carbocycles. The first-order chi connectivity index (χ1) is 8.23. The van der Waals surface area contributed by atoms with Gasteiger partial charge in [0.1, 0.15) is 6.04 Å². The number of carbonyl (C=O) groups is 2. The van der Waals surface area contributed by atoms with Crippen LogP contribution in [0, 0.1) is 5.41 Å². The van der Waals surface area contributed by atoms with E-state index in [1.807, 2.05) is 0 Å². The first-order valence-corrected chi connectivity index (χ1v) is 5.89. The number of rotatable bonds is 3. The summed E-state index contributed by atoms with van der Waals surface area (Å²) < 4.78 is 0. The van der Waals surface area contributed by atoms with Crippen LogP contribution >= 0.6 is 11.6 Å². The Bertz CT molecular complexity index is 466. The molecule has 0 radical (unpaired) electrons. The van der Waals surface area contributed by atoms with Gasteiger partial charge in [-0.1, -0.05) is 44.5 Å². The first kappa shape index (κ1) is 14.5. The van der Waals surface area contributed by atoms with Gasteiger partial charge in [-0.2, -0.15) is 0 Å². The van der Waals surface area contributed by atoms with E-state index >= 15 is 0 Å². The van der Waals surface area contributed by atoms with E-state index in [1.165, 1.54) is 0 Å². The predicted octanol–water partition coefficient (Wildman–Crippen LogP) is 2.57. The summed E-state index contributed by atoms with van der Waals surface area (Å²) in [6.45, 7) is 5.25. The van der Waals surface area contributed by atoms with Crippen LogP contribution in [0.15, 0.2) is 24.3 Å². The van der Waals surface area contributed by atoms with Gasteiger partial charge in [0.05, 0.1) is 10.6 Å². The highest BCUT2D eigenvalue weighted by Crippen LogP contribution is 2.21. The zero-order valence-corrected chi connectivity index (χ0v) is 11.3. The van der Waals surface area contributed by atoms with Gasteiger partial charge in [-0.3, -0.25) is 4.79 Å². The fraction of sp³-hybridized carbons (Fsp3) is 0.385. The van der Waals surface area contributed by atoms with Crippen molar-refractivity contribution >= 4 is 23.5 Å². The molecule has 0 spiro atoms. The van der Waals surface area contributed by atoms with Crippen LogP contribution < -0.4 is 5.32 Å². The van der Waals surface area contributed by atoms with Gasteiger partial charge in [0.25, 0.3) is 5.91 Å². The highest BCUT2D eigenvalue weighted by atomic mass is 35.5. The Kier molecular flexibility index (Phi) is 4.35. The second kappa shape index (κ2) is 5.40. The molecule has 18 heavy (non-hydrogen) atoms. The van der Waals surface area contributed by atoms with E-state index in [-0.39, 0.29) is 5.56 Å².